The molecule has 2 aromatic carbocycles. The topological polar surface area (TPSA) is 102 Å². The Morgan fingerprint density at radius 2 is 1.15 bits per heavy atom. The Hall–Kier alpha value is -3.10. The van der Waals surface area contributed by atoms with Gasteiger partial charge in [-0.25, -0.2) is 0 Å². The Morgan fingerprint density at radius 3 is 1.53 bits per heavy atom. The van der Waals surface area contributed by atoms with Gasteiger partial charge in [-0.2, -0.15) is 0 Å². The van der Waals surface area contributed by atoms with E-state index in [1.807, 2.05) is 24.3 Å². The van der Waals surface area contributed by atoms with E-state index in [0.29, 0.717) is 18.9 Å². The van der Waals surface area contributed by atoms with Crippen molar-refractivity contribution in [3.8, 4) is 22.6 Å². The van der Waals surface area contributed by atoms with E-state index in [-0.39, 0.29) is 5.96 Å². The molecule has 184 valence electrons. The van der Waals surface area contributed by atoms with Crippen LogP contribution in [0, 0.1) is 0 Å². The number of ether oxygens (including phenoxy) is 2. The summed E-state index contributed by atoms with van der Waals surface area (Å²) in [6, 6.07) is 12.2. The molecule has 0 aliphatic heterocycles. The van der Waals surface area contributed by atoms with E-state index in [9.17, 15) is 0 Å². The van der Waals surface area contributed by atoms with Gasteiger partial charge in [0.05, 0.1) is 0 Å². The van der Waals surface area contributed by atoms with Gasteiger partial charge < -0.3 is 30.7 Å². The second-order valence-electron chi connectivity index (χ2n) is 8.14. The lowest BCUT2D eigenvalue weighted by Crippen LogP contribution is -2.27. The van der Waals surface area contributed by atoms with Crippen molar-refractivity contribution in [3.63, 3.8) is 0 Å². The van der Waals surface area contributed by atoms with E-state index >= 15 is 0 Å². The maximum absolute atomic E-state index is 6.05. The lowest BCUT2D eigenvalue weighted by molar-refractivity contribution is 0.223. The molecular formula is C26H38N6O2. The van der Waals surface area contributed by atoms with Crippen LogP contribution >= 0.6 is 0 Å². The molecule has 4 N–H and O–H groups in total. The fraction of sp³-hybridized carbons (Fsp3) is 0.462. The number of nitrogens with zero attached hydrogens (tertiary/aromatic N) is 4. The molecule has 1 aliphatic carbocycles. The highest BCUT2D eigenvalue weighted by atomic mass is 16.5. The van der Waals surface area contributed by atoms with Gasteiger partial charge in [0.1, 0.15) is 30.4 Å². The maximum atomic E-state index is 6.05. The Balaban J connectivity index is 1.83. The summed E-state index contributed by atoms with van der Waals surface area (Å²) in [7, 11) is 0. The monoisotopic (exact) mass is 466 g/mol. The van der Waals surface area contributed by atoms with Gasteiger partial charge in [-0.3, -0.25) is 0 Å². The quantitative estimate of drug-likeness (QED) is 0.228. The minimum Gasteiger partial charge on any atom is -0.492 e. The van der Waals surface area contributed by atoms with Crippen molar-refractivity contribution in [1.82, 2.24) is 9.80 Å². The highest BCUT2D eigenvalue weighted by molar-refractivity contribution is 6.24. The highest BCUT2D eigenvalue weighted by Crippen LogP contribution is 2.40. The number of fused-ring (bicyclic) bond motifs is 3. The number of likely N-dealkylation sites (N-methyl/N-ethyl adjacent to an activating group) is 2. The summed E-state index contributed by atoms with van der Waals surface area (Å²) < 4.78 is 12.1. The van der Waals surface area contributed by atoms with Gasteiger partial charge in [-0.05, 0) is 73.7 Å². The van der Waals surface area contributed by atoms with Crippen molar-refractivity contribution in [1.29, 1.82) is 0 Å². The third-order valence-corrected chi connectivity index (χ3v) is 6.19. The summed E-state index contributed by atoms with van der Waals surface area (Å²) >= 11 is 0. The van der Waals surface area contributed by atoms with E-state index < -0.39 is 0 Å². The zero-order valence-electron chi connectivity index (χ0n) is 20.9. The molecular weight excluding hydrogens is 428 g/mol. The predicted molar refractivity (Wildman–Crippen MR) is 140 cm³/mol. The average Bonchev–Trinajstić information content (AvgIpc) is 3.15. The maximum Gasteiger partial charge on any atom is 0.211 e. The number of hydrogen-bond acceptors (Lipinski definition) is 6. The SMILES string of the molecule is CCN(CC)CCOc1ccc2c(c1)C(=NN=C(N)N)c1cc(OCCN(CC)CC)ccc1-2. The van der Waals surface area contributed by atoms with E-state index in [1.165, 1.54) is 0 Å². The zero-order valence-corrected chi connectivity index (χ0v) is 20.9. The molecule has 0 aromatic heterocycles. The Morgan fingerprint density at radius 1 is 0.706 bits per heavy atom. The van der Waals surface area contributed by atoms with Crippen LogP contribution in [-0.4, -0.2) is 74.0 Å². The van der Waals surface area contributed by atoms with Crippen LogP contribution in [0.2, 0.25) is 0 Å². The molecule has 0 spiro atoms. The summed E-state index contributed by atoms with van der Waals surface area (Å²) in [4.78, 5) is 4.66. The van der Waals surface area contributed by atoms with E-state index in [0.717, 1.165) is 73.0 Å². The third kappa shape index (κ3) is 6.27. The molecule has 0 bridgehead atoms. The summed E-state index contributed by atoms with van der Waals surface area (Å²) in [5, 5.41) is 8.33. The highest BCUT2D eigenvalue weighted by Gasteiger charge is 2.26. The van der Waals surface area contributed by atoms with E-state index in [4.69, 9.17) is 20.9 Å². The van der Waals surface area contributed by atoms with Crippen molar-refractivity contribution < 1.29 is 9.47 Å². The zero-order chi connectivity index (χ0) is 24.5. The van der Waals surface area contributed by atoms with Crippen LogP contribution in [-0.2, 0) is 0 Å². The molecule has 34 heavy (non-hydrogen) atoms. The number of guanidine groups is 1. The Kier molecular flexibility index (Phi) is 9.30. The van der Waals surface area contributed by atoms with Crippen LogP contribution in [0.5, 0.6) is 11.5 Å². The summed E-state index contributed by atoms with van der Waals surface area (Å²) in [5.41, 5.74) is 15.9. The predicted octanol–water partition coefficient (Wildman–Crippen LogP) is 3.13. The van der Waals surface area contributed by atoms with Crippen LogP contribution < -0.4 is 20.9 Å². The number of rotatable bonds is 13. The third-order valence-electron chi connectivity index (χ3n) is 6.19. The molecule has 0 heterocycles. The molecule has 2 aromatic rings. The lowest BCUT2D eigenvalue weighted by Gasteiger charge is -2.18. The van der Waals surface area contributed by atoms with Crippen molar-refractivity contribution in [2.75, 3.05) is 52.5 Å². The molecule has 0 radical (unpaired) electrons. The van der Waals surface area contributed by atoms with Crippen LogP contribution in [0.1, 0.15) is 38.8 Å². The van der Waals surface area contributed by atoms with Gasteiger partial charge >= 0.3 is 0 Å². The smallest absolute Gasteiger partial charge is 0.211 e. The molecule has 1 aliphatic rings. The van der Waals surface area contributed by atoms with Crippen molar-refractivity contribution >= 4 is 11.7 Å². The molecule has 0 unspecified atom stereocenters. The summed E-state index contributed by atoms with van der Waals surface area (Å²) in [5.74, 6) is 1.51. The van der Waals surface area contributed by atoms with E-state index in [1.54, 1.807) is 0 Å². The molecule has 8 nitrogen and oxygen atoms in total. The molecule has 0 atom stereocenters. The van der Waals surface area contributed by atoms with Gasteiger partial charge in [0.15, 0.2) is 0 Å². The van der Waals surface area contributed by atoms with Gasteiger partial charge in [0, 0.05) is 24.2 Å². The van der Waals surface area contributed by atoms with Crippen LogP contribution in [0.3, 0.4) is 0 Å². The lowest BCUT2D eigenvalue weighted by atomic mass is 10.1. The van der Waals surface area contributed by atoms with Crippen molar-refractivity contribution in [2.45, 2.75) is 27.7 Å². The second kappa shape index (κ2) is 12.4. The number of benzene rings is 2. The largest absolute Gasteiger partial charge is 0.492 e. The van der Waals surface area contributed by atoms with Gasteiger partial charge in [-0.1, -0.05) is 27.7 Å². The molecule has 0 amide bonds. The van der Waals surface area contributed by atoms with Crippen LogP contribution in [0.25, 0.3) is 11.1 Å². The van der Waals surface area contributed by atoms with Crippen molar-refractivity contribution in [2.24, 2.45) is 21.7 Å². The molecule has 0 fully saturated rings. The number of nitrogens with two attached hydrogens (primary N) is 2. The summed E-state index contributed by atoms with van der Waals surface area (Å²) in [6.07, 6.45) is 0. The van der Waals surface area contributed by atoms with Gasteiger partial charge in [0.25, 0.3) is 0 Å². The fourth-order valence-electron chi connectivity index (χ4n) is 4.11. The van der Waals surface area contributed by atoms with E-state index in [2.05, 4.69) is 59.8 Å². The molecule has 3 rings (SSSR count). The minimum atomic E-state index is -0.0826. The summed E-state index contributed by atoms with van der Waals surface area (Å²) in [6.45, 7) is 15.7. The molecule has 0 saturated heterocycles. The molecule has 8 heteroatoms. The Labute approximate surface area is 203 Å². The first kappa shape index (κ1) is 25.5. The first-order valence-corrected chi connectivity index (χ1v) is 12.2. The Bertz CT molecular complexity index is 939. The first-order chi connectivity index (χ1) is 16.5. The van der Waals surface area contributed by atoms with Gasteiger partial charge in [0.2, 0.25) is 5.96 Å². The normalized spacial score (nSPS) is 12.0. The average molecular weight is 467 g/mol. The standard InChI is InChI=1S/C26H38N6O2/c1-5-31(6-2)13-15-33-19-9-11-21-22-12-10-20(34-16-14-32(7-3)8-4)18-24(22)25(23(21)17-19)29-30-26(27)28/h9-12,17-18H,5-8,13-16H2,1-4H3,(H4,27,28,30). The first-order valence-electron chi connectivity index (χ1n) is 12.2. The van der Waals surface area contributed by atoms with Crippen molar-refractivity contribution in [3.05, 3.63) is 47.5 Å². The minimum absolute atomic E-state index is 0.0826. The van der Waals surface area contributed by atoms with Crippen LogP contribution in [0.15, 0.2) is 46.6 Å². The second-order valence-corrected chi connectivity index (χ2v) is 8.14. The van der Waals surface area contributed by atoms with Crippen LogP contribution in [0.4, 0.5) is 0 Å². The molecule has 0 saturated carbocycles. The van der Waals surface area contributed by atoms with Gasteiger partial charge in [-0.15, -0.1) is 10.2 Å². The number of hydrogen-bond donors (Lipinski definition) is 2. The fourth-order valence-corrected chi connectivity index (χ4v) is 4.11.